The van der Waals surface area contributed by atoms with E-state index in [1.54, 1.807) is 11.9 Å². The van der Waals surface area contributed by atoms with Crippen LogP contribution in [-0.4, -0.2) is 41.7 Å². The fourth-order valence-corrected chi connectivity index (χ4v) is 7.21. The summed E-state index contributed by atoms with van der Waals surface area (Å²) >= 11 is 1.66. The van der Waals surface area contributed by atoms with E-state index in [0.29, 0.717) is 37.5 Å². The van der Waals surface area contributed by atoms with Crippen molar-refractivity contribution in [3.8, 4) is 11.3 Å². The van der Waals surface area contributed by atoms with Gasteiger partial charge in [0.1, 0.15) is 0 Å². The van der Waals surface area contributed by atoms with Gasteiger partial charge in [-0.15, -0.1) is 0 Å². The third kappa shape index (κ3) is 6.71. The number of primary amides is 1. The molecule has 2 heterocycles. The van der Waals surface area contributed by atoms with Crippen LogP contribution in [0.3, 0.4) is 0 Å². The molecule has 1 aliphatic heterocycles. The second-order valence-corrected chi connectivity index (χ2v) is 14.0. The first-order chi connectivity index (χ1) is 20.1. The van der Waals surface area contributed by atoms with Gasteiger partial charge >= 0.3 is 0 Å². The van der Waals surface area contributed by atoms with E-state index >= 15 is 0 Å². The first-order valence-electron chi connectivity index (χ1n) is 15.4. The molecule has 42 heavy (non-hydrogen) atoms. The molecule has 2 aromatic carbocycles. The summed E-state index contributed by atoms with van der Waals surface area (Å²) in [7, 11) is 0. The predicted octanol–water partition coefficient (Wildman–Crippen LogP) is 6.60. The molecule has 5 rings (SSSR count). The summed E-state index contributed by atoms with van der Waals surface area (Å²) in [5.41, 5.74) is 8.85. The molecule has 1 saturated heterocycles. The van der Waals surface area contributed by atoms with Gasteiger partial charge in [0, 0.05) is 53.7 Å². The van der Waals surface area contributed by atoms with Crippen molar-refractivity contribution in [2.24, 2.45) is 17.1 Å². The fourth-order valence-electron chi connectivity index (χ4n) is 6.37. The van der Waals surface area contributed by atoms with Crippen LogP contribution in [0.5, 0.6) is 0 Å². The number of hydrogen-bond acceptors (Lipinski definition) is 5. The van der Waals surface area contributed by atoms with E-state index in [2.05, 4.69) is 84.8 Å². The summed E-state index contributed by atoms with van der Waals surface area (Å²) in [4.78, 5) is 27.3. The number of aromatic nitrogens is 1. The number of rotatable bonds is 9. The van der Waals surface area contributed by atoms with Crippen LogP contribution in [0.25, 0.3) is 22.0 Å². The Morgan fingerprint density at radius 2 is 1.74 bits per heavy atom. The molecule has 2 aliphatic rings. The molecule has 226 valence electrons. The second kappa shape index (κ2) is 12.8. The van der Waals surface area contributed by atoms with Gasteiger partial charge in [0.05, 0.1) is 11.0 Å². The molecule has 7 nitrogen and oxygen atoms in total. The normalized spacial score (nSPS) is 17.8. The van der Waals surface area contributed by atoms with E-state index in [1.807, 2.05) is 0 Å². The molecule has 1 aromatic heterocycles. The molecule has 8 heteroatoms. The summed E-state index contributed by atoms with van der Waals surface area (Å²) < 4.78 is 11.4. The monoisotopic (exact) mass is 590 g/mol. The van der Waals surface area contributed by atoms with E-state index in [1.165, 1.54) is 47.8 Å². The van der Waals surface area contributed by atoms with Gasteiger partial charge in [0.25, 0.3) is 5.91 Å². The van der Waals surface area contributed by atoms with E-state index in [9.17, 15) is 9.59 Å². The highest BCUT2D eigenvalue weighted by atomic mass is 32.2. The Bertz CT molecular complexity index is 1430. The number of carbonyl (C=O) groups is 2. The number of nitrogens with two attached hydrogens (primary N) is 1. The zero-order chi connectivity index (χ0) is 29.9. The Morgan fingerprint density at radius 3 is 2.40 bits per heavy atom. The minimum Gasteiger partial charge on any atom is -0.381 e. The van der Waals surface area contributed by atoms with Crippen molar-refractivity contribution < 1.29 is 14.3 Å². The van der Waals surface area contributed by atoms with Crippen molar-refractivity contribution in [2.45, 2.75) is 89.6 Å². The lowest BCUT2D eigenvalue weighted by Gasteiger charge is -2.34. The largest absolute Gasteiger partial charge is 0.381 e. The molecule has 2 amide bonds. The zero-order valence-electron chi connectivity index (χ0n) is 25.6. The van der Waals surface area contributed by atoms with Crippen molar-refractivity contribution in [1.82, 2.24) is 14.6 Å². The minimum atomic E-state index is -0.764. The zero-order valence-corrected chi connectivity index (χ0v) is 26.4. The van der Waals surface area contributed by atoms with Gasteiger partial charge in [0.15, 0.2) is 0 Å². The standard InChI is InChI=1S/C34H46N4O3S/c1-23-28(31(39)36-22-34(32(35)40)16-18-41-19-17-34)20-29(38(23)21-24-10-6-5-7-11-24)26-14-15-30(42-37-33(2,3)4)27-13-9-8-12-25(26)27/h8-9,12-15,20,24,37H,5-7,10-11,16-19,21-22H2,1-4H3,(H2,35,40)(H,36,39). The van der Waals surface area contributed by atoms with Gasteiger partial charge in [-0.2, -0.15) is 0 Å². The van der Waals surface area contributed by atoms with E-state index < -0.39 is 5.41 Å². The number of hydrogen-bond donors (Lipinski definition) is 3. The maximum atomic E-state index is 13.7. The van der Waals surface area contributed by atoms with Gasteiger partial charge < -0.3 is 20.4 Å². The van der Waals surface area contributed by atoms with E-state index in [-0.39, 0.29) is 23.9 Å². The summed E-state index contributed by atoms with van der Waals surface area (Å²) in [5.74, 6) is 0.0647. The molecule has 4 N–H and O–H groups in total. The Kier molecular flexibility index (Phi) is 9.35. The summed E-state index contributed by atoms with van der Waals surface area (Å²) in [6.07, 6.45) is 7.32. The number of ether oxygens (including phenoxy) is 1. The number of amides is 2. The SMILES string of the molecule is Cc1c(C(=O)NCC2(C(N)=O)CCOCC2)cc(-c2ccc(SNC(C)(C)C)c3ccccc23)n1CC1CCCCC1. The predicted molar refractivity (Wildman–Crippen MR) is 171 cm³/mol. The highest BCUT2D eigenvalue weighted by molar-refractivity contribution is 7.97. The van der Waals surface area contributed by atoms with Crippen molar-refractivity contribution in [3.63, 3.8) is 0 Å². The van der Waals surface area contributed by atoms with Crippen LogP contribution in [0.4, 0.5) is 0 Å². The molecule has 1 saturated carbocycles. The van der Waals surface area contributed by atoms with Crippen LogP contribution in [0, 0.1) is 18.3 Å². The highest BCUT2D eigenvalue weighted by Gasteiger charge is 2.39. The Balaban J connectivity index is 1.52. The van der Waals surface area contributed by atoms with Crippen LogP contribution in [0.2, 0.25) is 0 Å². The average molecular weight is 591 g/mol. The molecule has 0 radical (unpaired) electrons. The quantitative estimate of drug-likeness (QED) is 0.244. The number of nitrogens with one attached hydrogen (secondary N) is 2. The van der Waals surface area contributed by atoms with Gasteiger partial charge in [-0.1, -0.05) is 49.6 Å². The van der Waals surface area contributed by atoms with Crippen LogP contribution >= 0.6 is 11.9 Å². The van der Waals surface area contributed by atoms with Gasteiger partial charge in [0.2, 0.25) is 5.91 Å². The third-order valence-corrected chi connectivity index (χ3v) is 10.3. The van der Waals surface area contributed by atoms with Gasteiger partial charge in [-0.25, -0.2) is 0 Å². The maximum absolute atomic E-state index is 13.7. The molecular formula is C34H46N4O3S. The van der Waals surface area contributed by atoms with Crippen LogP contribution in [-0.2, 0) is 16.1 Å². The molecule has 0 spiro atoms. The van der Waals surface area contributed by atoms with Crippen molar-refractivity contribution in [3.05, 3.63) is 53.7 Å². The molecule has 3 aromatic rings. The molecule has 0 bridgehead atoms. The summed E-state index contributed by atoms with van der Waals surface area (Å²) in [6.45, 7) is 10.6. The smallest absolute Gasteiger partial charge is 0.253 e. The maximum Gasteiger partial charge on any atom is 0.253 e. The fraction of sp³-hybridized carbons (Fsp3) is 0.529. The minimum absolute atomic E-state index is 0.0176. The molecule has 0 unspecified atom stereocenters. The van der Waals surface area contributed by atoms with E-state index in [0.717, 1.165) is 23.5 Å². The first-order valence-corrected chi connectivity index (χ1v) is 16.2. The lowest BCUT2D eigenvalue weighted by molar-refractivity contribution is -0.132. The lowest BCUT2D eigenvalue weighted by atomic mass is 9.79. The Labute approximate surface area is 254 Å². The Hall–Kier alpha value is -2.81. The Morgan fingerprint density at radius 1 is 1.05 bits per heavy atom. The first kappa shape index (κ1) is 30.6. The molecule has 0 atom stereocenters. The second-order valence-electron chi connectivity index (χ2n) is 13.2. The van der Waals surface area contributed by atoms with Crippen molar-refractivity contribution in [1.29, 1.82) is 0 Å². The summed E-state index contributed by atoms with van der Waals surface area (Å²) in [6, 6.07) is 15.0. The molecule has 2 fully saturated rings. The highest BCUT2D eigenvalue weighted by Crippen LogP contribution is 2.38. The van der Waals surface area contributed by atoms with Crippen LogP contribution in [0.15, 0.2) is 47.4 Å². The van der Waals surface area contributed by atoms with Crippen molar-refractivity contribution in [2.75, 3.05) is 19.8 Å². The number of fused-ring (bicyclic) bond motifs is 1. The van der Waals surface area contributed by atoms with E-state index in [4.69, 9.17) is 10.5 Å². The topological polar surface area (TPSA) is 98.4 Å². The third-order valence-electron chi connectivity index (χ3n) is 8.96. The molecule has 1 aliphatic carbocycles. The summed E-state index contributed by atoms with van der Waals surface area (Å²) in [5, 5.41) is 5.44. The van der Waals surface area contributed by atoms with Crippen LogP contribution < -0.4 is 15.8 Å². The number of benzene rings is 2. The van der Waals surface area contributed by atoms with Crippen molar-refractivity contribution >= 4 is 34.5 Å². The number of carbonyl (C=O) groups excluding carboxylic acids is 2. The lowest BCUT2D eigenvalue weighted by Crippen LogP contribution is -2.49. The number of nitrogens with zero attached hydrogens (tertiary/aromatic N) is 1. The van der Waals surface area contributed by atoms with Gasteiger partial charge in [-0.3, -0.25) is 14.3 Å². The van der Waals surface area contributed by atoms with Crippen LogP contribution in [0.1, 0.15) is 81.8 Å². The average Bonchev–Trinajstić information content (AvgIpc) is 3.30. The molecular weight excluding hydrogens is 544 g/mol. The van der Waals surface area contributed by atoms with Gasteiger partial charge in [-0.05, 0) is 94.1 Å².